The van der Waals surface area contributed by atoms with Crippen LogP contribution in [0.15, 0.2) is 11.5 Å². The SMILES string of the molecule is COC(=O)C1CCCN1C(=O)CSc1nncn1C(C)C. The number of ether oxygens (including phenoxy) is 1. The highest BCUT2D eigenvalue weighted by Gasteiger charge is 2.34. The van der Waals surface area contributed by atoms with E-state index in [0.717, 1.165) is 6.42 Å². The predicted molar refractivity (Wildman–Crippen MR) is 77.9 cm³/mol. The fourth-order valence-electron chi connectivity index (χ4n) is 2.34. The molecule has 0 bridgehead atoms. The summed E-state index contributed by atoms with van der Waals surface area (Å²) in [5, 5.41) is 8.60. The van der Waals surface area contributed by atoms with Crippen LogP contribution in [0.4, 0.5) is 0 Å². The summed E-state index contributed by atoms with van der Waals surface area (Å²) >= 11 is 1.34. The standard InChI is InChI=1S/C13H20N4O3S/c1-9(2)17-8-14-15-13(17)21-7-11(18)16-6-4-5-10(16)12(19)20-3/h8-10H,4-7H2,1-3H3. The summed E-state index contributed by atoms with van der Waals surface area (Å²) in [7, 11) is 1.35. The van der Waals surface area contributed by atoms with E-state index in [0.29, 0.717) is 18.1 Å². The summed E-state index contributed by atoms with van der Waals surface area (Å²) in [6.07, 6.45) is 3.16. The number of amides is 1. The maximum atomic E-state index is 12.3. The zero-order chi connectivity index (χ0) is 15.4. The molecule has 1 aliphatic rings. The smallest absolute Gasteiger partial charge is 0.328 e. The van der Waals surface area contributed by atoms with Gasteiger partial charge in [0.2, 0.25) is 5.91 Å². The van der Waals surface area contributed by atoms with Crippen LogP contribution < -0.4 is 0 Å². The van der Waals surface area contributed by atoms with E-state index >= 15 is 0 Å². The first-order valence-electron chi connectivity index (χ1n) is 6.94. The molecular weight excluding hydrogens is 292 g/mol. The predicted octanol–water partition coefficient (Wildman–Crippen LogP) is 1.12. The van der Waals surface area contributed by atoms with Crippen molar-refractivity contribution in [1.82, 2.24) is 19.7 Å². The van der Waals surface area contributed by atoms with Gasteiger partial charge < -0.3 is 14.2 Å². The van der Waals surface area contributed by atoms with Crippen molar-refractivity contribution in [2.75, 3.05) is 19.4 Å². The van der Waals surface area contributed by atoms with Gasteiger partial charge in [-0.1, -0.05) is 11.8 Å². The lowest BCUT2D eigenvalue weighted by atomic mass is 10.2. The first kappa shape index (κ1) is 15.8. The van der Waals surface area contributed by atoms with Crippen LogP contribution >= 0.6 is 11.8 Å². The van der Waals surface area contributed by atoms with Gasteiger partial charge in [-0.15, -0.1) is 10.2 Å². The average molecular weight is 312 g/mol. The summed E-state index contributed by atoms with van der Waals surface area (Å²) in [4.78, 5) is 25.6. The molecule has 1 saturated heterocycles. The lowest BCUT2D eigenvalue weighted by Crippen LogP contribution is -2.42. The summed E-state index contributed by atoms with van der Waals surface area (Å²) < 4.78 is 6.67. The Morgan fingerprint density at radius 3 is 2.95 bits per heavy atom. The molecular formula is C13H20N4O3S. The van der Waals surface area contributed by atoms with Crippen LogP contribution in [-0.4, -0.2) is 57.0 Å². The highest BCUT2D eigenvalue weighted by atomic mass is 32.2. The van der Waals surface area contributed by atoms with Crippen LogP contribution in [0.1, 0.15) is 32.7 Å². The molecule has 116 valence electrons. The molecule has 0 spiro atoms. The number of hydrogen-bond donors (Lipinski definition) is 0. The maximum Gasteiger partial charge on any atom is 0.328 e. The van der Waals surface area contributed by atoms with Crippen LogP contribution in [0.2, 0.25) is 0 Å². The number of hydrogen-bond acceptors (Lipinski definition) is 6. The number of thioether (sulfide) groups is 1. The highest BCUT2D eigenvalue weighted by molar-refractivity contribution is 7.99. The summed E-state index contributed by atoms with van der Waals surface area (Å²) in [6, 6.07) is -0.196. The van der Waals surface area contributed by atoms with Crippen LogP contribution in [0.3, 0.4) is 0 Å². The third kappa shape index (κ3) is 3.55. The van der Waals surface area contributed by atoms with Gasteiger partial charge in [-0.25, -0.2) is 4.79 Å². The number of carbonyl (C=O) groups is 2. The summed E-state index contributed by atoms with van der Waals surface area (Å²) in [5.74, 6) is -0.152. The second-order valence-electron chi connectivity index (χ2n) is 5.17. The Bertz CT molecular complexity index is 517. The second-order valence-corrected chi connectivity index (χ2v) is 6.11. The van der Waals surface area contributed by atoms with E-state index in [1.165, 1.54) is 18.9 Å². The van der Waals surface area contributed by atoms with Gasteiger partial charge in [0, 0.05) is 12.6 Å². The van der Waals surface area contributed by atoms with Gasteiger partial charge in [0.25, 0.3) is 0 Å². The summed E-state index contributed by atoms with van der Waals surface area (Å²) in [6.45, 7) is 4.67. The Labute approximate surface area is 128 Å². The monoisotopic (exact) mass is 312 g/mol. The van der Waals surface area contributed by atoms with Crippen LogP contribution in [0.25, 0.3) is 0 Å². The van der Waals surface area contributed by atoms with Crippen molar-refractivity contribution in [2.24, 2.45) is 0 Å². The lowest BCUT2D eigenvalue weighted by molar-refractivity contribution is -0.150. The number of esters is 1. The van der Waals surface area contributed by atoms with Gasteiger partial charge in [0.05, 0.1) is 12.9 Å². The van der Waals surface area contributed by atoms with Gasteiger partial charge >= 0.3 is 5.97 Å². The molecule has 1 unspecified atom stereocenters. The molecule has 1 fully saturated rings. The van der Waals surface area contributed by atoms with Gasteiger partial charge in [-0.3, -0.25) is 4.79 Å². The van der Waals surface area contributed by atoms with E-state index < -0.39 is 6.04 Å². The first-order valence-corrected chi connectivity index (χ1v) is 7.92. The van der Waals surface area contributed by atoms with E-state index in [1.54, 1.807) is 11.2 Å². The molecule has 21 heavy (non-hydrogen) atoms. The Morgan fingerprint density at radius 2 is 2.29 bits per heavy atom. The van der Waals surface area contributed by atoms with Gasteiger partial charge in [-0.05, 0) is 26.7 Å². The second kappa shape index (κ2) is 6.93. The molecule has 1 aromatic heterocycles. The fourth-order valence-corrected chi connectivity index (χ4v) is 3.28. The van der Waals surface area contributed by atoms with Crippen molar-refractivity contribution in [3.8, 4) is 0 Å². The van der Waals surface area contributed by atoms with E-state index in [-0.39, 0.29) is 23.7 Å². The van der Waals surface area contributed by atoms with Crippen LogP contribution in [-0.2, 0) is 14.3 Å². The summed E-state index contributed by atoms with van der Waals surface area (Å²) in [5.41, 5.74) is 0. The quantitative estimate of drug-likeness (QED) is 0.599. The molecule has 1 aliphatic heterocycles. The molecule has 1 aromatic rings. The number of likely N-dealkylation sites (tertiary alicyclic amines) is 1. The number of rotatable bonds is 5. The van der Waals surface area contributed by atoms with E-state index in [9.17, 15) is 9.59 Å². The Morgan fingerprint density at radius 1 is 1.52 bits per heavy atom. The molecule has 0 N–H and O–H groups in total. The minimum atomic E-state index is -0.439. The number of aromatic nitrogens is 3. The van der Waals surface area contributed by atoms with Gasteiger partial charge in [0.15, 0.2) is 5.16 Å². The van der Waals surface area contributed by atoms with Crippen molar-refractivity contribution in [3.05, 3.63) is 6.33 Å². The lowest BCUT2D eigenvalue weighted by Gasteiger charge is -2.22. The van der Waals surface area contributed by atoms with Crippen molar-refractivity contribution >= 4 is 23.6 Å². The normalized spacial score (nSPS) is 18.3. The zero-order valence-electron chi connectivity index (χ0n) is 12.5. The third-order valence-corrected chi connectivity index (χ3v) is 4.41. The maximum absolute atomic E-state index is 12.3. The molecule has 2 rings (SSSR count). The molecule has 0 aromatic carbocycles. The Balaban J connectivity index is 1.95. The fraction of sp³-hybridized carbons (Fsp3) is 0.692. The largest absolute Gasteiger partial charge is 0.467 e. The first-order chi connectivity index (χ1) is 10.0. The van der Waals surface area contributed by atoms with Crippen molar-refractivity contribution < 1.29 is 14.3 Å². The highest BCUT2D eigenvalue weighted by Crippen LogP contribution is 2.23. The number of carbonyl (C=O) groups excluding carboxylic acids is 2. The molecule has 0 saturated carbocycles. The zero-order valence-corrected chi connectivity index (χ0v) is 13.3. The van der Waals surface area contributed by atoms with E-state index in [2.05, 4.69) is 10.2 Å². The molecule has 1 amide bonds. The van der Waals surface area contributed by atoms with E-state index in [4.69, 9.17) is 4.74 Å². The van der Waals surface area contributed by atoms with Crippen molar-refractivity contribution in [3.63, 3.8) is 0 Å². The molecule has 0 aliphatic carbocycles. The van der Waals surface area contributed by atoms with E-state index in [1.807, 2.05) is 18.4 Å². The Kier molecular flexibility index (Phi) is 5.22. The molecule has 0 radical (unpaired) electrons. The minimum Gasteiger partial charge on any atom is -0.467 e. The molecule has 8 heteroatoms. The Hall–Kier alpha value is -1.57. The molecule has 1 atom stereocenters. The van der Waals surface area contributed by atoms with Crippen LogP contribution in [0, 0.1) is 0 Å². The third-order valence-electron chi connectivity index (χ3n) is 3.47. The minimum absolute atomic E-state index is 0.0637. The number of methoxy groups -OCH3 is 1. The molecule has 7 nitrogen and oxygen atoms in total. The van der Waals surface area contributed by atoms with Crippen molar-refractivity contribution in [1.29, 1.82) is 0 Å². The average Bonchev–Trinajstić information content (AvgIpc) is 3.12. The molecule has 2 heterocycles. The van der Waals surface area contributed by atoms with Gasteiger partial charge in [0.1, 0.15) is 12.4 Å². The van der Waals surface area contributed by atoms with Crippen LogP contribution in [0.5, 0.6) is 0 Å². The van der Waals surface area contributed by atoms with Gasteiger partial charge in [-0.2, -0.15) is 0 Å². The van der Waals surface area contributed by atoms with Crippen molar-refractivity contribution in [2.45, 2.75) is 43.9 Å². The topological polar surface area (TPSA) is 77.3 Å². The number of nitrogens with zero attached hydrogens (tertiary/aromatic N) is 4.